The van der Waals surface area contributed by atoms with E-state index in [1.165, 1.54) is 4.90 Å². The highest BCUT2D eigenvalue weighted by Gasteiger charge is 2.31. The van der Waals surface area contributed by atoms with E-state index in [9.17, 15) is 9.90 Å². The molecule has 1 aromatic carbocycles. The van der Waals surface area contributed by atoms with Crippen LogP contribution in [0.25, 0.3) is 0 Å². The van der Waals surface area contributed by atoms with Crippen LogP contribution >= 0.6 is 0 Å². The lowest BCUT2D eigenvalue weighted by Crippen LogP contribution is -2.45. The Balaban J connectivity index is 1.59. The largest absolute Gasteiger partial charge is 0.491 e. The maximum absolute atomic E-state index is 10.9. The van der Waals surface area contributed by atoms with E-state index >= 15 is 0 Å². The first-order valence-electron chi connectivity index (χ1n) is 7.14. The molecule has 0 bridgehead atoms. The molecule has 1 amide bonds. The Bertz CT molecular complexity index is 499. The Hall–Kier alpha value is -1.79. The molecule has 1 unspecified atom stereocenters. The fourth-order valence-corrected chi connectivity index (χ4v) is 2.66. The third kappa shape index (κ3) is 3.46. The van der Waals surface area contributed by atoms with Gasteiger partial charge in [-0.2, -0.15) is 0 Å². The van der Waals surface area contributed by atoms with Crippen molar-refractivity contribution in [2.45, 2.75) is 24.5 Å². The molecule has 0 aliphatic carbocycles. The van der Waals surface area contributed by atoms with E-state index in [1.807, 2.05) is 24.3 Å². The molecule has 0 spiro atoms. The Morgan fingerprint density at radius 1 is 1.38 bits per heavy atom. The van der Waals surface area contributed by atoms with Gasteiger partial charge in [0.15, 0.2) is 0 Å². The van der Waals surface area contributed by atoms with Crippen molar-refractivity contribution < 1.29 is 24.5 Å². The van der Waals surface area contributed by atoms with Crippen LogP contribution in [-0.4, -0.2) is 59.7 Å². The number of aliphatic hydroxyl groups is 1. The molecule has 1 aromatic rings. The van der Waals surface area contributed by atoms with Gasteiger partial charge in [0.1, 0.15) is 18.5 Å². The number of epoxide rings is 1. The van der Waals surface area contributed by atoms with Gasteiger partial charge in [-0.05, 0) is 24.1 Å². The van der Waals surface area contributed by atoms with Gasteiger partial charge in [0.25, 0.3) is 0 Å². The number of likely N-dealkylation sites (tertiary alicyclic amines) is 1. The Kier molecular flexibility index (Phi) is 3.98. The Morgan fingerprint density at radius 2 is 2.10 bits per heavy atom. The van der Waals surface area contributed by atoms with Gasteiger partial charge >= 0.3 is 6.09 Å². The fraction of sp³-hybridized carbons (Fsp3) is 0.533. The number of benzene rings is 1. The van der Waals surface area contributed by atoms with Crippen molar-refractivity contribution >= 4 is 6.09 Å². The van der Waals surface area contributed by atoms with E-state index in [0.29, 0.717) is 19.6 Å². The quantitative estimate of drug-likeness (QED) is 0.817. The van der Waals surface area contributed by atoms with Crippen LogP contribution in [0.4, 0.5) is 4.79 Å². The summed E-state index contributed by atoms with van der Waals surface area (Å²) in [6.45, 7) is 1.96. The summed E-state index contributed by atoms with van der Waals surface area (Å²) in [5, 5.41) is 19.1. The van der Waals surface area contributed by atoms with Gasteiger partial charge in [0.2, 0.25) is 0 Å². The van der Waals surface area contributed by atoms with Crippen molar-refractivity contribution in [3.8, 4) is 5.75 Å². The first kappa shape index (κ1) is 14.2. The number of piperidine rings is 1. The van der Waals surface area contributed by atoms with Gasteiger partial charge in [0, 0.05) is 12.5 Å². The molecule has 6 nitrogen and oxygen atoms in total. The van der Waals surface area contributed by atoms with E-state index in [2.05, 4.69) is 0 Å². The van der Waals surface area contributed by atoms with E-state index < -0.39 is 12.2 Å². The maximum Gasteiger partial charge on any atom is 0.407 e. The average Bonchev–Trinajstić information content (AvgIpc) is 3.30. The number of nitrogens with zero attached hydrogens (tertiary/aromatic N) is 1. The highest BCUT2D eigenvalue weighted by molar-refractivity contribution is 5.65. The molecule has 2 heterocycles. The molecule has 0 aromatic heterocycles. The molecule has 2 fully saturated rings. The van der Waals surface area contributed by atoms with E-state index in [1.54, 1.807) is 0 Å². The first-order chi connectivity index (χ1) is 10.1. The molecule has 21 heavy (non-hydrogen) atoms. The SMILES string of the molecule is O=C(O)N1CC[C@H](c2ccc(OCC3CO3)cc2)[C@@H](O)C1. The zero-order valence-corrected chi connectivity index (χ0v) is 11.6. The number of rotatable bonds is 4. The summed E-state index contributed by atoms with van der Waals surface area (Å²) < 4.78 is 10.7. The lowest BCUT2D eigenvalue weighted by molar-refractivity contribution is 0.0504. The number of ether oxygens (including phenoxy) is 2. The van der Waals surface area contributed by atoms with Crippen LogP contribution in [0.15, 0.2) is 24.3 Å². The summed E-state index contributed by atoms with van der Waals surface area (Å²) in [5.41, 5.74) is 1.02. The number of hydrogen-bond acceptors (Lipinski definition) is 4. The molecule has 6 heteroatoms. The number of hydrogen-bond donors (Lipinski definition) is 2. The van der Waals surface area contributed by atoms with Crippen LogP contribution in [0.5, 0.6) is 5.75 Å². The normalized spacial score (nSPS) is 28.2. The molecule has 0 radical (unpaired) electrons. The van der Waals surface area contributed by atoms with Gasteiger partial charge in [-0.3, -0.25) is 0 Å². The summed E-state index contributed by atoms with van der Waals surface area (Å²) in [5.74, 6) is 0.758. The van der Waals surface area contributed by atoms with Crippen molar-refractivity contribution in [1.29, 1.82) is 0 Å². The van der Waals surface area contributed by atoms with Crippen LogP contribution in [-0.2, 0) is 4.74 Å². The second kappa shape index (κ2) is 5.91. The predicted molar refractivity (Wildman–Crippen MR) is 74.6 cm³/mol. The molecule has 3 rings (SSSR count). The first-order valence-corrected chi connectivity index (χ1v) is 7.14. The minimum atomic E-state index is -0.974. The van der Waals surface area contributed by atoms with Gasteiger partial charge in [-0.15, -0.1) is 0 Å². The Morgan fingerprint density at radius 3 is 2.67 bits per heavy atom. The molecule has 2 saturated heterocycles. The molecule has 114 valence electrons. The maximum atomic E-state index is 10.9. The highest BCUT2D eigenvalue weighted by atomic mass is 16.6. The van der Waals surface area contributed by atoms with Crippen LogP contribution in [0.1, 0.15) is 17.9 Å². The second-order valence-electron chi connectivity index (χ2n) is 5.53. The number of carboxylic acid groups (broad SMARTS) is 1. The zero-order valence-electron chi connectivity index (χ0n) is 11.6. The van der Waals surface area contributed by atoms with E-state index in [0.717, 1.165) is 17.9 Å². The summed E-state index contributed by atoms with van der Waals surface area (Å²) >= 11 is 0. The summed E-state index contributed by atoms with van der Waals surface area (Å²) in [6, 6.07) is 7.64. The van der Waals surface area contributed by atoms with Gasteiger partial charge in [-0.25, -0.2) is 4.79 Å². The molecule has 0 saturated carbocycles. The minimum Gasteiger partial charge on any atom is -0.491 e. The second-order valence-corrected chi connectivity index (χ2v) is 5.53. The van der Waals surface area contributed by atoms with Crippen molar-refractivity contribution in [3.05, 3.63) is 29.8 Å². The average molecular weight is 293 g/mol. The molecular weight excluding hydrogens is 274 g/mol. The number of carbonyl (C=O) groups is 1. The molecular formula is C15H19NO5. The monoisotopic (exact) mass is 293 g/mol. The van der Waals surface area contributed by atoms with Crippen LogP contribution < -0.4 is 4.74 Å². The predicted octanol–water partition coefficient (Wildman–Crippen LogP) is 1.29. The van der Waals surface area contributed by atoms with Gasteiger partial charge < -0.3 is 24.6 Å². The van der Waals surface area contributed by atoms with Crippen LogP contribution in [0.2, 0.25) is 0 Å². The number of β-amino-alcohol motifs (C(OH)–C–C–N with tert-alkyl or cyclic N) is 1. The van der Waals surface area contributed by atoms with Crippen molar-refractivity contribution in [3.63, 3.8) is 0 Å². The summed E-state index contributed by atoms with van der Waals surface area (Å²) in [4.78, 5) is 12.2. The van der Waals surface area contributed by atoms with Crippen molar-refractivity contribution in [1.82, 2.24) is 4.90 Å². The number of aliphatic hydroxyl groups excluding tert-OH is 1. The van der Waals surface area contributed by atoms with E-state index in [4.69, 9.17) is 14.6 Å². The Labute approximate surface area is 122 Å². The van der Waals surface area contributed by atoms with Crippen LogP contribution in [0, 0.1) is 0 Å². The summed E-state index contributed by atoms with van der Waals surface area (Å²) in [7, 11) is 0. The minimum absolute atomic E-state index is 0.0265. The van der Waals surface area contributed by atoms with Crippen molar-refractivity contribution in [2.24, 2.45) is 0 Å². The van der Waals surface area contributed by atoms with Gasteiger partial charge in [0.05, 0.1) is 19.3 Å². The standard InChI is InChI=1S/C15H19NO5/c17-14-7-16(15(18)19)6-5-13(14)10-1-3-11(4-2-10)20-8-12-9-21-12/h1-4,12-14,17H,5-9H2,(H,18,19)/t12?,13-,14+/m1/s1. The number of amides is 1. The third-order valence-electron chi connectivity index (χ3n) is 4.00. The molecule has 2 aliphatic heterocycles. The molecule has 3 atom stereocenters. The van der Waals surface area contributed by atoms with E-state index in [-0.39, 0.29) is 18.6 Å². The third-order valence-corrected chi connectivity index (χ3v) is 4.00. The lowest BCUT2D eigenvalue weighted by atomic mass is 9.87. The smallest absolute Gasteiger partial charge is 0.407 e. The summed E-state index contributed by atoms with van der Waals surface area (Å²) in [6.07, 6.45) is -0.782. The zero-order chi connectivity index (χ0) is 14.8. The van der Waals surface area contributed by atoms with Crippen LogP contribution in [0.3, 0.4) is 0 Å². The fourth-order valence-electron chi connectivity index (χ4n) is 2.66. The molecule has 2 aliphatic rings. The topological polar surface area (TPSA) is 82.5 Å². The van der Waals surface area contributed by atoms with Crippen molar-refractivity contribution in [2.75, 3.05) is 26.3 Å². The van der Waals surface area contributed by atoms with Gasteiger partial charge in [-0.1, -0.05) is 12.1 Å². The highest BCUT2D eigenvalue weighted by Crippen LogP contribution is 2.29. The lowest BCUT2D eigenvalue weighted by Gasteiger charge is -2.34. The molecule has 2 N–H and O–H groups in total.